The molecular formula is C17H26N2. The highest BCUT2D eigenvalue weighted by molar-refractivity contribution is 5.37. The fourth-order valence-electron chi connectivity index (χ4n) is 3.76. The smallest absolute Gasteiger partial charge is 0.0459 e. The first kappa shape index (κ1) is 13.1. The van der Waals surface area contributed by atoms with Crippen molar-refractivity contribution in [3.63, 3.8) is 0 Å². The molecule has 0 bridgehead atoms. The molecule has 0 saturated carbocycles. The second-order valence-electron chi connectivity index (χ2n) is 7.34. The third-order valence-electron chi connectivity index (χ3n) is 5.17. The van der Waals surface area contributed by atoms with Gasteiger partial charge < -0.3 is 5.73 Å². The first-order chi connectivity index (χ1) is 8.97. The van der Waals surface area contributed by atoms with Crippen LogP contribution in [0.4, 0.5) is 0 Å². The van der Waals surface area contributed by atoms with Crippen molar-refractivity contribution in [2.75, 3.05) is 13.1 Å². The molecule has 3 unspecified atom stereocenters. The standard InChI is InChI=1S/C17H26N2/c1-17(2,3)13-8-9-19(11-13)15-10-12-6-4-5-7-14(12)16(15)18/h4-7,13,15-16H,8-11,18H2,1-3H3. The third kappa shape index (κ3) is 2.32. The Balaban J connectivity index is 1.73. The normalized spacial score (nSPS) is 31.7. The van der Waals surface area contributed by atoms with Crippen molar-refractivity contribution in [2.45, 2.75) is 45.7 Å². The number of nitrogens with two attached hydrogens (primary N) is 1. The van der Waals surface area contributed by atoms with Crippen LogP contribution in [0, 0.1) is 11.3 Å². The minimum Gasteiger partial charge on any atom is -0.323 e. The summed E-state index contributed by atoms with van der Waals surface area (Å²) in [5.74, 6) is 0.809. The van der Waals surface area contributed by atoms with E-state index in [0.29, 0.717) is 11.5 Å². The van der Waals surface area contributed by atoms with Gasteiger partial charge in [0, 0.05) is 18.6 Å². The van der Waals surface area contributed by atoms with Crippen molar-refractivity contribution in [3.05, 3.63) is 35.4 Å². The summed E-state index contributed by atoms with van der Waals surface area (Å²) in [5, 5.41) is 0. The molecule has 2 nitrogen and oxygen atoms in total. The van der Waals surface area contributed by atoms with Crippen LogP contribution in [0.15, 0.2) is 24.3 Å². The van der Waals surface area contributed by atoms with Crippen LogP contribution in [-0.4, -0.2) is 24.0 Å². The van der Waals surface area contributed by atoms with E-state index in [0.717, 1.165) is 12.3 Å². The molecule has 2 aliphatic rings. The van der Waals surface area contributed by atoms with Crippen LogP contribution in [0.1, 0.15) is 44.4 Å². The maximum atomic E-state index is 6.48. The van der Waals surface area contributed by atoms with Crippen molar-refractivity contribution in [3.8, 4) is 0 Å². The minimum atomic E-state index is 0.204. The van der Waals surface area contributed by atoms with Crippen molar-refractivity contribution in [2.24, 2.45) is 17.1 Å². The van der Waals surface area contributed by atoms with E-state index in [1.54, 1.807) is 0 Å². The van der Waals surface area contributed by atoms with Gasteiger partial charge in [-0.2, -0.15) is 0 Å². The van der Waals surface area contributed by atoms with E-state index in [2.05, 4.69) is 49.9 Å². The number of hydrogen-bond donors (Lipinski definition) is 1. The number of nitrogens with zero attached hydrogens (tertiary/aromatic N) is 1. The molecule has 2 heteroatoms. The van der Waals surface area contributed by atoms with Gasteiger partial charge in [-0.1, -0.05) is 45.0 Å². The number of hydrogen-bond acceptors (Lipinski definition) is 2. The lowest BCUT2D eigenvalue weighted by Gasteiger charge is -2.31. The largest absolute Gasteiger partial charge is 0.323 e. The summed E-state index contributed by atoms with van der Waals surface area (Å²) in [6.45, 7) is 9.53. The van der Waals surface area contributed by atoms with Gasteiger partial charge in [0.15, 0.2) is 0 Å². The van der Waals surface area contributed by atoms with Crippen molar-refractivity contribution < 1.29 is 0 Å². The fraction of sp³-hybridized carbons (Fsp3) is 0.647. The summed E-state index contributed by atoms with van der Waals surface area (Å²) in [5.41, 5.74) is 9.73. The monoisotopic (exact) mass is 258 g/mol. The Hall–Kier alpha value is -0.860. The van der Waals surface area contributed by atoms with E-state index < -0.39 is 0 Å². The zero-order valence-electron chi connectivity index (χ0n) is 12.4. The lowest BCUT2D eigenvalue weighted by Crippen LogP contribution is -2.40. The molecular weight excluding hydrogens is 232 g/mol. The lowest BCUT2D eigenvalue weighted by atomic mass is 9.80. The molecule has 0 spiro atoms. The average Bonchev–Trinajstić information content (AvgIpc) is 2.94. The third-order valence-corrected chi connectivity index (χ3v) is 5.17. The maximum Gasteiger partial charge on any atom is 0.0459 e. The Morgan fingerprint density at radius 1 is 1.21 bits per heavy atom. The van der Waals surface area contributed by atoms with Crippen LogP contribution >= 0.6 is 0 Å². The Morgan fingerprint density at radius 3 is 2.58 bits per heavy atom. The maximum absolute atomic E-state index is 6.48. The van der Waals surface area contributed by atoms with Crippen LogP contribution in [0.2, 0.25) is 0 Å². The lowest BCUT2D eigenvalue weighted by molar-refractivity contribution is 0.183. The van der Waals surface area contributed by atoms with Crippen molar-refractivity contribution >= 4 is 0 Å². The zero-order chi connectivity index (χ0) is 13.6. The van der Waals surface area contributed by atoms with Gasteiger partial charge in [0.25, 0.3) is 0 Å². The van der Waals surface area contributed by atoms with Crippen LogP contribution in [0.25, 0.3) is 0 Å². The molecule has 1 aromatic rings. The molecule has 3 rings (SSSR count). The topological polar surface area (TPSA) is 29.3 Å². The van der Waals surface area contributed by atoms with Gasteiger partial charge in [0.05, 0.1) is 0 Å². The molecule has 104 valence electrons. The summed E-state index contributed by atoms with van der Waals surface area (Å²) in [4.78, 5) is 2.64. The highest BCUT2D eigenvalue weighted by Gasteiger charge is 2.39. The van der Waals surface area contributed by atoms with Gasteiger partial charge >= 0.3 is 0 Å². The number of fused-ring (bicyclic) bond motifs is 1. The highest BCUT2D eigenvalue weighted by Crippen LogP contribution is 2.39. The fourth-order valence-corrected chi connectivity index (χ4v) is 3.76. The molecule has 0 radical (unpaired) electrons. The van der Waals surface area contributed by atoms with Crippen molar-refractivity contribution in [1.29, 1.82) is 0 Å². The van der Waals surface area contributed by atoms with Crippen LogP contribution in [-0.2, 0) is 6.42 Å². The quantitative estimate of drug-likeness (QED) is 0.839. The Kier molecular flexibility index (Phi) is 3.18. The Morgan fingerprint density at radius 2 is 1.95 bits per heavy atom. The van der Waals surface area contributed by atoms with E-state index in [9.17, 15) is 0 Å². The van der Waals surface area contributed by atoms with Gasteiger partial charge in [-0.05, 0) is 41.8 Å². The summed E-state index contributed by atoms with van der Waals surface area (Å²) >= 11 is 0. The van der Waals surface area contributed by atoms with Crippen molar-refractivity contribution in [1.82, 2.24) is 4.90 Å². The predicted molar refractivity (Wildman–Crippen MR) is 80.0 cm³/mol. The molecule has 1 aromatic carbocycles. The van der Waals surface area contributed by atoms with Crippen LogP contribution < -0.4 is 5.73 Å². The first-order valence-electron chi connectivity index (χ1n) is 7.54. The Bertz CT molecular complexity index is 461. The van der Waals surface area contributed by atoms with Gasteiger partial charge in [-0.15, -0.1) is 0 Å². The highest BCUT2D eigenvalue weighted by atomic mass is 15.2. The number of rotatable bonds is 1. The first-order valence-corrected chi connectivity index (χ1v) is 7.54. The molecule has 1 aliphatic heterocycles. The number of likely N-dealkylation sites (tertiary alicyclic amines) is 1. The van der Waals surface area contributed by atoms with E-state index in [1.165, 1.54) is 30.6 Å². The van der Waals surface area contributed by atoms with Gasteiger partial charge in [0.2, 0.25) is 0 Å². The van der Waals surface area contributed by atoms with Gasteiger partial charge in [0.1, 0.15) is 0 Å². The second-order valence-corrected chi connectivity index (χ2v) is 7.34. The molecule has 1 aliphatic carbocycles. The van der Waals surface area contributed by atoms with Gasteiger partial charge in [-0.3, -0.25) is 4.90 Å². The van der Waals surface area contributed by atoms with E-state index in [4.69, 9.17) is 5.73 Å². The number of benzene rings is 1. The molecule has 2 N–H and O–H groups in total. The van der Waals surface area contributed by atoms with E-state index >= 15 is 0 Å². The molecule has 0 amide bonds. The summed E-state index contributed by atoms with van der Waals surface area (Å²) in [6, 6.07) is 9.42. The molecule has 1 saturated heterocycles. The van der Waals surface area contributed by atoms with Crippen LogP contribution in [0.5, 0.6) is 0 Å². The summed E-state index contributed by atoms with van der Waals surface area (Å²) < 4.78 is 0. The molecule has 1 heterocycles. The molecule has 3 atom stereocenters. The summed E-state index contributed by atoms with van der Waals surface area (Å²) in [6.07, 6.45) is 2.46. The Labute approximate surface area is 117 Å². The predicted octanol–water partition coefficient (Wildman–Crippen LogP) is 2.98. The van der Waals surface area contributed by atoms with E-state index in [-0.39, 0.29) is 6.04 Å². The second kappa shape index (κ2) is 4.60. The van der Waals surface area contributed by atoms with Gasteiger partial charge in [-0.25, -0.2) is 0 Å². The summed E-state index contributed by atoms with van der Waals surface area (Å²) in [7, 11) is 0. The van der Waals surface area contributed by atoms with E-state index in [1.807, 2.05) is 0 Å². The average molecular weight is 258 g/mol. The minimum absolute atomic E-state index is 0.204. The molecule has 0 aromatic heterocycles. The molecule has 19 heavy (non-hydrogen) atoms. The zero-order valence-corrected chi connectivity index (χ0v) is 12.4. The molecule has 1 fully saturated rings. The van der Waals surface area contributed by atoms with Crippen LogP contribution in [0.3, 0.4) is 0 Å². The SMILES string of the molecule is CC(C)(C)C1CCN(C2Cc3ccccc3C2N)C1.